The molecule has 1 N–H and O–H groups in total. The van der Waals surface area contributed by atoms with Gasteiger partial charge in [-0.25, -0.2) is 0 Å². The van der Waals surface area contributed by atoms with E-state index in [-0.39, 0.29) is 24.7 Å². The van der Waals surface area contributed by atoms with Gasteiger partial charge in [0.2, 0.25) is 0 Å². The number of carbonyl (C=O) groups excluding carboxylic acids is 1. The normalized spacial score (nSPS) is 10.8. The van der Waals surface area contributed by atoms with Crippen molar-refractivity contribution in [2.45, 2.75) is 12.8 Å². The molecule has 0 heterocycles. The number of carbonyl (C=O) groups is 1. The lowest BCUT2D eigenvalue weighted by atomic mass is 10.1. The first kappa shape index (κ1) is 18.1. The maximum atomic E-state index is 11.7. The van der Waals surface area contributed by atoms with Crippen molar-refractivity contribution in [1.29, 1.82) is 0 Å². The number of ether oxygens (including phenoxy) is 2. The summed E-state index contributed by atoms with van der Waals surface area (Å²) in [5, 5.41) is 9.70. The Labute approximate surface area is 149 Å². The van der Waals surface area contributed by atoms with Crippen LogP contribution >= 0.6 is 15.9 Å². The van der Waals surface area contributed by atoms with Crippen molar-refractivity contribution in [2.75, 3.05) is 13.7 Å². The average molecular weight is 391 g/mol. The lowest BCUT2D eigenvalue weighted by Gasteiger charge is -2.06. The number of esters is 1. The van der Waals surface area contributed by atoms with Gasteiger partial charge in [-0.2, -0.15) is 0 Å². The molecule has 0 atom stereocenters. The predicted molar refractivity (Wildman–Crippen MR) is 97.1 cm³/mol. The molecule has 0 spiro atoms. The molecular weight excluding hydrogens is 372 g/mol. The molecule has 4 nitrogen and oxygen atoms in total. The van der Waals surface area contributed by atoms with E-state index in [1.165, 1.54) is 7.11 Å². The fraction of sp³-hybridized carbons (Fsp3) is 0.211. The van der Waals surface area contributed by atoms with Gasteiger partial charge in [-0.3, -0.25) is 4.79 Å². The van der Waals surface area contributed by atoms with Crippen LogP contribution < -0.4 is 4.74 Å². The van der Waals surface area contributed by atoms with Crippen molar-refractivity contribution < 1.29 is 19.4 Å². The van der Waals surface area contributed by atoms with Crippen LogP contribution in [0.3, 0.4) is 0 Å². The Morgan fingerprint density at radius 1 is 1.21 bits per heavy atom. The summed E-state index contributed by atoms with van der Waals surface area (Å²) in [4.78, 5) is 11.7. The summed E-state index contributed by atoms with van der Waals surface area (Å²) in [6.45, 7) is 0.239. The molecule has 0 amide bonds. The molecule has 2 aromatic carbocycles. The highest BCUT2D eigenvalue weighted by atomic mass is 79.9. The number of benzene rings is 2. The molecule has 2 rings (SSSR count). The van der Waals surface area contributed by atoms with Gasteiger partial charge in [0.25, 0.3) is 0 Å². The first-order chi connectivity index (χ1) is 11.6. The molecule has 0 aliphatic carbocycles. The largest absolute Gasteiger partial charge is 0.504 e. The predicted octanol–water partition coefficient (Wildman–Crippen LogP) is 4.35. The van der Waals surface area contributed by atoms with Crippen molar-refractivity contribution in [3.8, 4) is 11.5 Å². The highest BCUT2D eigenvalue weighted by molar-refractivity contribution is 9.10. The summed E-state index contributed by atoms with van der Waals surface area (Å²) in [6.07, 6.45) is 4.48. The van der Waals surface area contributed by atoms with E-state index in [1.54, 1.807) is 18.2 Å². The van der Waals surface area contributed by atoms with Gasteiger partial charge in [-0.15, -0.1) is 0 Å². The lowest BCUT2D eigenvalue weighted by molar-refractivity contribution is -0.142. The van der Waals surface area contributed by atoms with Gasteiger partial charge in [0, 0.05) is 10.9 Å². The molecule has 0 radical (unpaired) electrons. The van der Waals surface area contributed by atoms with Crippen LogP contribution in [0.25, 0.3) is 6.08 Å². The second-order valence-corrected chi connectivity index (χ2v) is 6.06. The van der Waals surface area contributed by atoms with Crippen LogP contribution in [0.2, 0.25) is 0 Å². The van der Waals surface area contributed by atoms with E-state index >= 15 is 0 Å². The first-order valence-electron chi connectivity index (χ1n) is 7.52. The molecule has 5 heteroatoms. The van der Waals surface area contributed by atoms with Gasteiger partial charge in [0.15, 0.2) is 11.5 Å². The molecule has 0 unspecified atom stereocenters. The molecule has 0 fully saturated rings. The number of rotatable bonds is 7. The van der Waals surface area contributed by atoms with E-state index in [4.69, 9.17) is 9.47 Å². The van der Waals surface area contributed by atoms with Gasteiger partial charge in [0.1, 0.15) is 6.61 Å². The van der Waals surface area contributed by atoms with Crippen LogP contribution in [0.5, 0.6) is 11.5 Å². The summed E-state index contributed by atoms with van der Waals surface area (Å²) in [6, 6.07) is 12.9. The van der Waals surface area contributed by atoms with Gasteiger partial charge < -0.3 is 14.6 Å². The van der Waals surface area contributed by atoms with Crippen molar-refractivity contribution >= 4 is 28.0 Å². The monoisotopic (exact) mass is 390 g/mol. The van der Waals surface area contributed by atoms with Crippen molar-refractivity contribution in [1.82, 2.24) is 0 Å². The molecule has 126 valence electrons. The van der Waals surface area contributed by atoms with Crippen LogP contribution in [0.4, 0.5) is 0 Å². The summed E-state index contributed by atoms with van der Waals surface area (Å²) < 4.78 is 11.2. The minimum Gasteiger partial charge on any atom is -0.504 e. The number of methoxy groups -OCH3 is 1. The molecule has 2 aromatic rings. The molecule has 0 aromatic heterocycles. The smallest absolute Gasteiger partial charge is 0.306 e. The van der Waals surface area contributed by atoms with E-state index in [0.717, 1.165) is 15.6 Å². The Kier molecular flexibility index (Phi) is 6.88. The Hall–Kier alpha value is -2.27. The first-order valence-corrected chi connectivity index (χ1v) is 8.31. The topological polar surface area (TPSA) is 55.8 Å². The third-order valence-electron chi connectivity index (χ3n) is 3.38. The number of hydrogen-bond acceptors (Lipinski definition) is 4. The van der Waals surface area contributed by atoms with Gasteiger partial charge in [-0.05, 0) is 47.9 Å². The molecule has 0 aliphatic heterocycles. The SMILES string of the molecule is COc1ccc(CCC(=O)OC/C=C\c2ccc(Br)cc2)cc1O. The summed E-state index contributed by atoms with van der Waals surface area (Å²) in [7, 11) is 1.49. The van der Waals surface area contributed by atoms with Crippen LogP contribution in [0.15, 0.2) is 53.0 Å². The standard InChI is InChI=1S/C19H19BrO4/c1-23-18-10-6-15(13-17(18)21)7-11-19(22)24-12-2-3-14-4-8-16(20)9-5-14/h2-6,8-10,13,21H,7,11-12H2,1H3/b3-2-. The lowest BCUT2D eigenvalue weighted by Crippen LogP contribution is -2.05. The van der Waals surface area contributed by atoms with E-state index < -0.39 is 0 Å². The Morgan fingerprint density at radius 2 is 1.96 bits per heavy atom. The van der Waals surface area contributed by atoms with Crippen molar-refractivity contribution in [2.24, 2.45) is 0 Å². The third-order valence-corrected chi connectivity index (χ3v) is 3.91. The van der Waals surface area contributed by atoms with E-state index in [1.807, 2.05) is 36.4 Å². The van der Waals surface area contributed by atoms with Crippen LogP contribution in [0.1, 0.15) is 17.5 Å². The zero-order valence-electron chi connectivity index (χ0n) is 13.4. The van der Waals surface area contributed by atoms with E-state index in [2.05, 4.69) is 15.9 Å². The van der Waals surface area contributed by atoms with E-state index in [0.29, 0.717) is 12.2 Å². The second kappa shape index (κ2) is 9.13. The summed E-state index contributed by atoms with van der Waals surface area (Å²) in [5.74, 6) is 0.214. The third kappa shape index (κ3) is 5.74. The van der Waals surface area contributed by atoms with Gasteiger partial charge >= 0.3 is 5.97 Å². The number of hydrogen-bond donors (Lipinski definition) is 1. The minimum atomic E-state index is -0.272. The summed E-state index contributed by atoms with van der Waals surface area (Å²) in [5.41, 5.74) is 1.90. The highest BCUT2D eigenvalue weighted by Crippen LogP contribution is 2.26. The number of phenolic OH excluding ortho intramolecular Hbond substituents is 1. The zero-order chi connectivity index (χ0) is 17.4. The van der Waals surface area contributed by atoms with Gasteiger partial charge in [-0.1, -0.05) is 40.2 Å². The second-order valence-electron chi connectivity index (χ2n) is 5.14. The quantitative estimate of drug-likeness (QED) is 0.713. The van der Waals surface area contributed by atoms with Crippen LogP contribution in [-0.2, 0) is 16.0 Å². The number of halogens is 1. The highest BCUT2D eigenvalue weighted by Gasteiger charge is 2.06. The molecule has 0 saturated heterocycles. The molecule has 0 aliphatic rings. The maximum absolute atomic E-state index is 11.7. The minimum absolute atomic E-state index is 0.0702. The average Bonchev–Trinajstić information content (AvgIpc) is 2.58. The molecule has 0 bridgehead atoms. The van der Waals surface area contributed by atoms with Crippen LogP contribution in [0, 0.1) is 0 Å². The Balaban J connectivity index is 1.73. The van der Waals surface area contributed by atoms with Crippen molar-refractivity contribution in [3.05, 3.63) is 64.1 Å². The maximum Gasteiger partial charge on any atom is 0.306 e. The fourth-order valence-electron chi connectivity index (χ4n) is 2.11. The van der Waals surface area contributed by atoms with Gasteiger partial charge in [0.05, 0.1) is 7.11 Å². The molecular formula is C19H19BrO4. The number of aromatic hydroxyl groups is 1. The zero-order valence-corrected chi connectivity index (χ0v) is 15.0. The number of phenols is 1. The molecule has 0 saturated carbocycles. The van der Waals surface area contributed by atoms with Crippen molar-refractivity contribution in [3.63, 3.8) is 0 Å². The Bertz CT molecular complexity index is 708. The fourth-order valence-corrected chi connectivity index (χ4v) is 2.37. The molecule has 24 heavy (non-hydrogen) atoms. The van der Waals surface area contributed by atoms with Crippen LogP contribution in [-0.4, -0.2) is 24.8 Å². The van der Waals surface area contributed by atoms with E-state index in [9.17, 15) is 9.90 Å². The number of aryl methyl sites for hydroxylation is 1. The Morgan fingerprint density at radius 3 is 2.62 bits per heavy atom. The summed E-state index contributed by atoms with van der Waals surface area (Å²) >= 11 is 3.38.